The van der Waals surface area contributed by atoms with Crippen molar-refractivity contribution in [1.82, 2.24) is 0 Å². The Balaban J connectivity index is 1.85. The lowest BCUT2D eigenvalue weighted by Gasteiger charge is -2.28. The summed E-state index contributed by atoms with van der Waals surface area (Å²) in [5, 5.41) is 0. The molecule has 86 valence electrons. The zero-order chi connectivity index (χ0) is 10.8. The van der Waals surface area contributed by atoms with E-state index in [1.807, 2.05) is 0 Å². The summed E-state index contributed by atoms with van der Waals surface area (Å²) in [6.45, 7) is 3.23. The molecule has 3 rings (SSSR count). The van der Waals surface area contributed by atoms with E-state index in [1.165, 1.54) is 43.5 Å². The van der Waals surface area contributed by atoms with Crippen LogP contribution in [0.5, 0.6) is 0 Å². The SMILES string of the molecule is c1ccc2c(c1)CCCCCN2CC1CO1. The molecule has 1 saturated heterocycles. The third-order valence-corrected chi connectivity index (χ3v) is 3.53. The van der Waals surface area contributed by atoms with Crippen LogP contribution in [0.1, 0.15) is 24.8 Å². The normalized spacial score (nSPS) is 24.5. The van der Waals surface area contributed by atoms with E-state index >= 15 is 0 Å². The first-order valence-corrected chi connectivity index (χ1v) is 6.38. The van der Waals surface area contributed by atoms with E-state index in [0.717, 1.165) is 13.2 Å². The standard InChI is InChI=1S/C14H19NO/c1-2-6-12-7-3-4-8-14(12)15(9-5-1)10-13-11-16-13/h3-4,7-8,13H,1-2,5-6,9-11H2. The molecule has 0 bridgehead atoms. The molecule has 2 aliphatic heterocycles. The molecule has 0 amide bonds. The van der Waals surface area contributed by atoms with Crippen LogP contribution < -0.4 is 4.90 Å². The number of hydrogen-bond donors (Lipinski definition) is 0. The molecule has 0 spiro atoms. The predicted molar refractivity (Wildman–Crippen MR) is 66.0 cm³/mol. The largest absolute Gasteiger partial charge is 0.371 e. The quantitative estimate of drug-likeness (QED) is 0.708. The lowest BCUT2D eigenvalue weighted by molar-refractivity contribution is 0.406. The summed E-state index contributed by atoms with van der Waals surface area (Å²) in [7, 11) is 0. The summed E-state index contributed by atoms with van der Waals surface area (Å²) in [5.41, 5.74) is 2.96. The van der Waals surface area contributed by atoms with E-state index in [1.54, 1.807) is 0 Å². The molecule has 16 heavy (non-hydrogen) atoms. The molecule has 1 aromatic rings. The number of hydrogen-bond acceptors (Lipinski definition) is 2. The van der Waals surface area contributed by atoms with E-state index in [2.05, 4.69) is 29.2 Å². The topological polar surface area (TPSA) is 15.8 Å². The number of ether oxygens (including phenoxy) is 1. The molecule has 1 fully saturated rings. The molecule has 2 aliphatic rings. The molecule has 0 saturated carbocycles. The average molecular weight is 217 g/mol. The van der Waals surface area contributed by atoms with Crippen LogP contribution in [-0.4, -0.2) is 25.8 Å². The predicted octanol–water partition coefficient (Wildman–Crippen LogP) is 2.62. The summed E-state index contributed by atoms with van der Waals surface area (Å²) in [5.74, 6) is 0. The van der Waals surface area contributed by atoms with Crippen molar-refractivity contribution < 1.29 is 4.74 Å². The third-order valence-electron chi connectivity index (χ3n) is 3.53. The van der Waals surface area contributed by atoms with Crippen LogP contribution in [0.25, 0.3) is 0 Å². The smallest absolute Gasteiger partial charge is 0.0984 e. The Kier molecular flexibility index (Phi) is 2.83. The molecule has 0 aromatic heterocycles. The highest BCUT2D eigenvalue weighted by atomic mass is 16.6. The maximum atomic E-state index is 5.36. The highest BCUT2D eigenvalue weighted by molar-refractivity contribution is 5.54. The Morgan fingerprint density at radius 2 is 2.06 bits per heavy atom. The number of aryl methyl sites for hydroxylation is 1. The second kappa shape index (κ2) is 4.46. The molecular formula is C14H19NO. The summed E-state index contributed by atoms with van der Waals surface area (Å²) >= 11 is 0. The molecule has 0 N–H and O–H groups in total. The number of fused-ring (bicyclic) bond motifs is 1. The first-order valence-electron chi connectivity index (χ1n) is 6.38. The van der Waals surface area contributed by atoms with Gasteiger partial charge in [-0.05, 0) is 30.9 Å². The van der Waals surface area contributed by atoms with Gasteiger partial charge in [0.2, 0.25) is 0 Å². The van der Waals surface area contributed by atoms with Gasteiger partial charge in [0.05, 0.1) is 12.7 Å². The van der Waals surface area contributed by atoms with Crippen molar-refractivity contribution in [2.75, 3.05) is 24.6 Å². The van der Waals surface area contributed by atoms with Crippen LogP contribution in [0.3, 0.4) is 0 Å². The monoisotopic (exact) mass is 217 g/mol. The molecule has 1 unspecified atom stereocenters. The lowest BCUT2D eigenvalue weighted by atomic mass is 10.0. The molecule has 0 radical (unpaired) electrons. The Labute approximate surface area is 97.2 Å². The summed E-state index contributed by atoms with van der Waals surface area (Å²) < 4.78 is 5.36. The van der Waals surface area contributed by atoms with Crippen molar-refractivity contribution in [1.29, 1.82) is 0 Å². The highest BCUT2D eigenvalue weighted by Crippen LogP contribution is 2.27. The molecule has 2 nitrogen and oxygen atoms in total. The van der Waals surface area contributed by atoms with Crippen LogP contribution >= 0.6 is 0 Å². The Morgan fingerprint density at radius 1 is 1.19 bits per heavy atom. The molecule has 1 aromatic carbocycles. The fraction of sp³-hybridized carbons (Fsp3) is 0.571. The van der Waals surface area contributed by atoms with Gasteiger partial charge >= 0.3 is 0 Å². The molecule has 2 heteroatoms. The molecule has 0 aliphatic carbocycles. The van der Waals surface area contributed by atoms with E-state index < -0.39 is 0 Å². The van der Waals surface area contributed by atoms with Crippen LogP contribution in [-0.2, 0) is 11.2 Å². The van der Waals surface area contributed by atoms with E-state index in [-0.39, 0.29) is 0 Å². The number of nitrogens with zero attached hydrogens (tertiary/aromatic N) is 1. The summed E-state index contributed by atoms with van der Waals surface area (Å²) in [4.78, 5) is 2.52. The Morgan fingerprint density at radius 3 is 2.94 bits per heavy atom. The van der Waals surface area contributed by atoms with Gasteiger partial charge in [0.1, 0.15) is 0 Å². The van der Waals surface area contributed by atoms with Gasteiger partial charge in [-0.1, -0.05) is 24.6 Å². The minimum Gasteiger partial charge on any atom is -0.371 e. The third kappa shape index (κ3) is 2.22. The number of epoxide rings is 1. The zero-order valence-electron chi connectivity index (χ0n) is 9.69. The minimum absolute atomic E-state index is 0.493. The van der Waals surface area contributed by atoms with Gasteiger partial charge in [-0.2, -0.15) is 0 Å². The number of rotatable bonds is 2. The second-order valence-electron chi connectivity index (χ2n) is 4.84. The van der Waals surface area contributed by atoms with Gasteiger partial charge in [0, 0.05) is 18.8 Å². The fourth-order valence-electron chi connectivity index (χ4n) is 2.55. The number of benzene rings is 1. The van der Waals surface area contributed by atoms with Gasteiger partial charge in [0.15, 0.2) is 0 Å². The Hall–Kier alpha value is -1.02. The van der Waals surface area contributed by atoms with Gasteiger partial charge in [-0.3, -0.25) is 0 Å². The van der Waals surface area contributed by atoms with E-state index in [0.29, 0.717) is 6.10 Å². The van der Waals surface area contributed by atoms with Crippen LogP contribution in [0, 0.1) is 0 Å². The van der Waals surface area contributed by atoms with Crippen molar-refractivity contribution in [2.45, 2.75) is 31.8 Å². The van der Waals surface area contributed by atoms with Gasteiger partial charge < -0.3 is 9.64 Å². The maximum absolute atomic E-state index is 5.36. The molecular weight excluding hydrogens is 198 g/mol. The lowest BCUT2D eigenvalue weighted by Crippen LogP contribution is -2.30. The second-order valence-corrected chi connectivity index (χ2v) is 4.84. The van der Waals surface area contributed by atoms with Crippen molar-refractivity contribution in [3.05, 3.63) is 29.8 Å². The van der Waals surface area contributed by atoms with Crippen molar-refractivity contribution in [2.24, 2.45) is 0 Å². The van der Waals surface area contributed by atoms with Crippen molar-refractivity contribution in [3.63, 3.8) is 0 Å². The summed E-state index contributed by atoms with van der Waals surface area (Å²) in [6.07, 6.45) is 5.74. The summed E-state index contributed by atoms with van der Waals surface area (Å²) in [6, 6.07) is 8.86. The first kappa shape index (κ1) is 10.2. The van der Waals surface area contributed by atoms with E-state index in [4.69, 9.17) is 4.74 Å². The number of anilines is 1. The van der Waals surface area contributed by atoms with Gasteiger partial charge in [0.25, 0.3) is 0 Å². The molecule has 2 heterocycles. The van der Waals surface area contributed by atoms with Crippen LogP contribution in [0.4, 0.5) is 5.69 Å². The highest BCUT2D eigenvalue weighted by Gasteiger charge is 2.26. The van der Waals surface area contributed by atoms with Crippen molar-refractivity contribution in [3.8, 4) is 0 Å². The number of para-hydroxylation sites is 1. The van der Waals surface area contributed by atoms with Gasteiger partial charge in [-0.25, -0.2) is 0 Å². The average Bonchev–Trinajstić information content (AvgIpc) is 3.08. The first-order chi connectivity index (χ1) is 7.93. The zero-order valence-corrected chi connectivity index (χ0v) is 9.69. The Bertz CT molecular complexity index is 360. The fourth-order valence-corrected chi connectivity index (χ4v) is 2.55. The van der Waals surface area contributed by atoms with Crippen molar-refractivity contribution >= 4 is 5.69 Å². The molecule has 1 atom stereocenters. The van der Waals surface area contributed by atoms with Crippen LogP contribution in [0.15, 0.2) is 24.3 Å². The van der Waals surface area contributed by atoms with Crippen LogP contribution in [0.2, 0.25) is 0 Å². The van der Waals surface area contributed by atoms with Gasteiger partial charge in [-0.15, -0.1) is 0 Å². The minimum atomic E-state index is 0.493. The van der Waals surface area contributed by atoms with E-state index in [9.17, 15) is 0 Å². The maximum Gasteiger partial charge on any atom is 0.0984 e.